The van der Waals surface area contributed by atoms with Crippen LogP contribution in [0.4, 0.5) is 4.39 Å². The van der Waals surface area contributed by atoms with E-state index in [1.807, 2.05) is 0 Å². The molecule has 0 bridgehead atoms. The Hall–Kier alpha value is -1.66. The van der Waals surface area contributed by atoms with Crippen molar-refractivity contribution >= 4 is 5.91 Å². The zero-order valence-electron chi connectivity index (χ0n) is 16.9. The van der Waals surface area contributed by atoms with Crippen molar-refractivity contribution in [3.63, 3.8) is 0 Å². The zero-order chi connectivity index (χ0) is 19.6. The molecule has 1 amide bonds. The van der Waals surface area contributed by atoms with Crippen LogP contribution in [0.15, 0.2) is 18.2 Å². The first-order valence-electron chi connectivity index (χ1n) is 10.9. The van der Waals surface area contributed by atoms with Gasteiger partial charge in [0.2, 0.25) is 0 Å². The van der Waals surface area contributed by atoms with Gasteiger partial charge in [-0.2, -0.15) is 0 Å². The second-order valence-electron chi connectivity index (χ2n) is 7.91. The maximum absolute atomic E-state index is 14.3. The first kappa shape index (κ1) is 21.1. The van der Waals surface area contributed by atoms with Gasteiger partial charge in [0.25, 0.3) is 5.91 Å². The zero-order valence-corrected chi connectivity index (χ0v) is 16.9. The number of hydrogen-bond acceptors (Lipinski definition) is 4. The molecule has 2 aliphatic heterocycles. The summed E-state index contributed by atoms with van der Waals surface area (Å²) in [4.78, 5) is 17.1. The van der Waals surface area contributed by atoms with Crippen molar-refractivity contribution in [2.75, 3.05) is 52.4 Å². The summed E-state index contributed by atoms with van der Waals surface area (Å²) >= 11 is 0. The number of carbonyl (C=O) groups excluding carboxylic acids is 1. The van der Waals surface area contributed by atoms with E-state index in [2.05, 4.69) is 15.1 Å². The van der Waals surface area contributed by atoms with Crippen LogP contribution in [0.2, 0.25) is 0 Å². The summed E-state index contributed by atoms with van der Waals surface area (Å²) < 4.78 is 19.9. The van der Waals surface area contributed by atoms with Crippen molar-refractivity contribution in [1.29, 1.82) is 0 Å². The van der Waals surface area contributed by atoms with E-state index in [0.717, 1.165) is 45.7 Å². The van der Waals surface area contributed by atoms with E-state index in [-0.39, 0.29) is 11.7 Å². The fourth-order valence-electron chi connectivity index (χ4n) is 4.03. The summed E-state index contributed by atoms with van der Waals surface area (Å²) in [5.41, 5.74) is 0.344. The molecule has 1 aromatic rings. The number of ether oxygens (including phenoxy) is 1. The molecule has 156 valence electrons. The topological polar surface area (TPSA) is 44.8 Å². The number of piperidine rings is 2. The van der Waals surface area contributed by atoms with E-state index in [1.165, 1.54) is 44.6 Å². The number of benzene rings is 1. The predicted molar refractivity (Wildman–Crippen MR) is 109 cm³/mol. The van der Waals surface area contributed by atoms with Gasteiger partial charge in [0.1, 0.15) is 0 Å². The Balaban J connectivity index is 1.36. The normalized spacial score (nSPS) is 18.8. The van der Waals surface area contributed by atoms with Crippen LogP contribution in [-0.4, -0.2) is 68.1 Å². The fourth-order valence-corrected chi connectivity index (χ4v) is 4.03. The number of nitrogens with one attached hydrogen (secondary N) is 1. The molecule has 0 atom stereocenters. The van der Waals surface area contributed by atoms with E-state index in [0.29, 0.717) is 18.7 Å². The average molecular weight is 392 g/mol. The first-order valence-corrected chi connectivity index (χ1v) is 10.9. The number of rotatable bonds is 9. The third-order valence-electron chi connectivity index (χ3n) is 5.68. The Morgan fingerprint density at radius 3 is 2.25 bits per heavy atom. The maximum atomic E-state index is 14.3. The largest absolute Gasteiger partial charge is 0.490 e. The molecule has 28 heavy (non-hydrogen) atoms. The highest BCUT2D eigenvalue weighted by Crippen LogP contribution is 2.19. The van der Waals surface area contributed by atoms with Crippen LogP contribution in [0.5, 0.6) is 5.75 Å². The van der Waals surface area contributed by atoms with E-state index in [9.17, 15) is 9.18 Å². The Morgan fingerprint density at radius 2 is 1.61 bits per heavy atom. The molecule has 1 N–H and O–H groups in total. The Kier molecular flexibility index (Phi) is 8.55. The quantitative estimate of drug-likeness (QED) is 0.656. The van der Waals surface area contributed by atoms with Gasteiger partial charge in [-0.05, 0) is 76.5 Å². The number of amides is 1. The number of likely N-dealkylation sites (tertiary alicyclic amines) is 2. The lowest BCUT2D eigenvalue weighted by molar-refractivity contribution is 0.0946. The minimum Gasteiger partial charge on any atom is -0.490 e. The second-order valence-corrected chi connectivity index (χ2v) is 7.91. The highest BCUT2D eigenvalue weighted by molar-refractivity contribution is 5.94. The van der Waals surface area contributed by atoms with Gasteiger partial charge >= 0.3 is 0 Å². The van der Waals surface area contributed by atoms with Crippen molar-refractivity contribution < 1.29 is 13.9 Å². The van der Waals surface area contributed by atoms with Crippen molar-refractivity contribution in [3.05, 3.63) is 29.6 Å². The van der Waals surface area contributed by atoms with Crippen LogP contribution >= 0.6 is 0 Å². The minimum atomic E-state index is -0.471. The van der Waals surface area contributed by atoms with Crippen LogP contribution in [-0.2, 0) is 0 Å². The van der Waals surface area contributed by atoms with Crippen molar-refractivity contribution in [1.82, 2.24) is 15.1 Å². The lowest BCUT2D eigenvalue weighted by Crippen LogP contribution is -2.37. The third-order valence-corrected chi connectivity index (χ3v) is 5.68. The summed E-state index contributed by atoms with van der Waals surface area (Å²) in [5, 5.41) is 2.89. The molecule has 1 aromatic carbocycles. The summed E-state index contributed by atoms with van der Waals surface area (Å²) in [5.74, 6) is -0.474. The lowest BCUT2D eigenvalue weighted by atomic mass is 10.1. The SMILES string of the molecule is O=C(NCCN1CCCCC1)c1ccc(OCCCN2CCCCC2)c(F)c1. The number of nitrogens with zero attached hydrogens (tertiary/aromatic N) is 2. The van der Waals surface area contributed by atoms with Crippen LogP contribution in [0.3, 0.4) is 0 Å². The van der Waals surface area contributed by atoms with Crippen LogP contribution < -0.4 is 10.1 Å². The van der Waals surface area contributed by atoms with Gasteiger partial charge < -0.3 is 19.9 Å². The van der Waals surface area contributed by atoms with Crippen LogP contribution in [0, 0.1) is 5.82 Å². The monoisotopic (exact) mass is 391 g/mol. The van der Waals surface area contributed by atoms with Gasteiger partial charge in [-0.1, -0.05) is 12.8 Å². The van der Waals surface area contributed by atoms with Crippen molar-refractivity contribution in [2.45, 2.75) is 44.9 Å². The van der Waals surface area contributed by atoms with E-state index >= 15 is 0 Å². The predicted octanol–water partition coefficient (Wildman–Crippen LogP) is 3.30. The Morgan fingerprint density at radius 1 is 0.964 bits per heavy atom. The highest BCUT2D eigenvalue weighted by Gasteiger charge is 2.13. The maximum Gasteiger partial charge on any atom is 0.251 e. The summed E-state index contributed by atoms with van der Waals surface area (Å²) in [6.45, 7) is 7.48. The molecule has 0 saturated carbocycles. The van der Waals surface area contributed by atoms with Crippen molar-refractivity contribution in [3.8, 4) is 5.75 Å². The molecule has 0 unspecified atom stereocenters. The molecule has 0 aliphatic carbocycles. The van der Waals surface area contributed by atoms with Gasteiger partial charge in [-0.15, -0.1) is 0 Å². The van der Waals surface area contributed by atoms with Crippen LogP contribution in [0.1, 0.15) is 55.3 Å². The van der Waals surface area contributed by atoms with Gasteiger partial charge in [-0.3, -0.25) is 4.79 Å². The summed E-state index contributed by atoms with van der Waals surface area (Å²) in [7, 11) is 0. The molecule has 0 spiro atoms. The van der Waals surface area contributed by atoms with Gasteiger partial charge in [0.15, 0.2) is 11.6 Å². The Bertz CT molecular complexity index is 614. The van der Waals surface area contributed by atoms with Gasteiger partial charge in [0, 0.05) is 25.2 Å². The molecule has 2 saturated heterocycles. The molecule has 6 heteroatoms. The second kappa shape index (κ2) is 11.4. The Labute approximate surface area is 168 Å². The molecule has 2 fully saturated rings. The molecule has 0 radical (unpaired) electrons. The van der Waals surface area contributed by atoms with E-state index in [4.69, 9.17) is 4.74 Å². The van der Waals surface area contributed by atoms with E-state index in [1.54, 1.807) is 12.1 Å². The minimum absolute atomic E-state index is 0.225. The van der Waals surface area contributed by atoms with Crippen LogP contribution in [0.25, 0.3) is 0 Å². The standard InChI is InChI=1S/C22H34FN3O2/c23-20-18-19(22(27)24-10-16-26-13-5-2-6-14-26)8-9-21(20)28-17-7-15-25-11-3-1-4-12-25/h8-9,18H,1-7,10-17H2,(H,24,27). The highest BCUT2D eigenvalue weighted by atomic mass is 19.1. The molecule has 3 rings (SSSR count). The lowest BCUT2D eigenvalue weighted by Gasteiger charge is -2.26. The molecular formula is C22H34FN3O2. The molecule has 2 heterocycles. The summed E-state index contributed by atoms with van der Waals surface area (Å²) in [6.07, 6.45) is 8.54. The summed E-state index contributed by atoms with van der Waals surface area (Å²) in [6, 6.07) is 4.48. The smallest absolute Gasteiger partial charge is 0.251 e. The molecule has 0 aromatic heterocycles. The van der Waals surface area contributed by atoms with Gasteiger partial charge in [-0.25, -0.2) is 4.39 Å². The molecular weight excluding hydrogens is 357 g/mol. The third kappa shape index (κ3) is 6.74. The van der Waals surface area contributed by atoms with E-state index < -0.39 is 5.82 Å². The first-order chi connectivity index (χ1) is 13.7. The fraction of sp³-hybridized carbons (Fsp3) is 0.682. The molecule has 2 aliphatic rings. The van der Waals surface area contributed by atoms with Crippen molar-refractivity contribution in [2.24, 2.45) is 0 Å². The number of hydrogen-bond donors (Lipinski definition) is 1. The average Bonchev–Trinajstić information content (AvgIpc) is 2.73. The molecule has 5 nitrogen and oxygen atoms in total. The number of carbonyl (C=O) groups is 1. The number of halogens is 1. The van der Waals surface area contributed by atoms with Gasteiger partial charge in [0.05, 0.1) is 6.61 Å².